The van der Waals surface area contributed by atoms with E-state index >= 15 is 0 Å². The summed E-state index contributed by atoms with van der Waals surface area (Å²) < 4.78 is 6.35. The number of hydrogen-bond donors (Lipinski definition) is 1. The molecular formula is C25H35ClN6O2. The molecule has 4 aliphatic heterocycles. The minimum Gasteiger partial charge on any atom is -0.385 e. The van der Waals surface area contributed by atoms with Crippen LogP contribution in [0.25, 0.3) is 0 Å². The quantitative estimate of drug-likeness (QED) is 0.691. The van der Waals surface area contributed by atoms with E-state index in [0.29, 0.717) is 43.9 Å². The number of carbonyl (C=O) groups is 1. The van der Waals surface area contributed by atoms with E-state index in [1.165, 1.54) is 5.56 Å². The van der Waals surface area contributed by atoms with Crippen molar-refractivity contribution in [2.75, 3.05) is 39.3 Å². The highest BCUT2D eigenvalue weighted by Gasteiger charge is 2.37. The van der Waals surface area contributed by atoms with Gasteiger partial charge in [0, 0.05) is 56.3 Å². The Kier molecular flexibility index (Phi) is 7.37. The molecule has 0 saturated carbocycles. The minimum atomic E-state index is 0.0638. The molecule has 4 heterocycles. The molecular weight excluding hydrogens is 452 g/mol. The molecule has 9 heteroatoms. The minimum absolute atomic E-state index is 0.0638. The number of benzene rings is 1. The van der Waals surface area contributed by atoms with Crippen molar-refractivity contribution in [1.82, 2.24) is 14.7 Å². The summed E-state index contributed by atoms with van der Waals surface area (Å²) in [6.45, 7) is 5.05. The Hall–Kier alpha value is -2.16. The zero-order valence-corrected chi connectivity index (χ0v) is 20.5. The lowest BCUT2D eigenvalue weighted by atomic mass is 9.95. The van der Waals surface area contributed by atoms with Gasteiger partial charge in [0.05, 0.1) is 19.1 Å². The van der Waals surface area contributed by atoms with E-state index in [1.807, 2.05) is 17.0 Å². The number of likely N-dealkylation sites (tertiary alicyclic amines) is 2. The normalized spacial score (nSPS) is 27.1. The number of amides is 1. The third kappa shape index (κ3) is 5.56. The average Bonchev–Trinajstić information content (AvgIpc) is 3.29. The van der Waals surface area contributed by atoms with E-state index in [0.717, 1.165) is 69.1 Å². The van der Waals surface area contributed by atoms with Crippen molar-refractivity contribution in [3.05, 3.63) is 34.9 Å². The molecule has 1 aromatic carbocycles. The summed E-state index contributed by atoms with van der Waals surface area (Å²) in [7, 11) is 0. The Bertz CT molecular complexity index is 928. The van der Waals surface area contributed by atoms with Crippen LogP contribution < -0.4 is 5.73 Å². The summed E-state index contributed by atoms with van der Waals surface area (Å²) in [5.41, 5.74) is 7.11. The van der Waals surface area contributed by atoms with E-state index in [4.69, 9.17) is 22.1 Å². The second kappa shape index (κ2) is 10.6. The van der Waals surface area contributed by atoms with Crippen molar-refractivity contribution < 1.29 is 9.53 Å². The maximum Gasteiger partial charge on any atom is 0.222 e. The molecule has 0 radical (unpaired) electrons. The standard InChI is InChI=1S/C25H35ClN6O2/c26-19-6-4-18(5-7-19)13-21-17-34-22(15-31-10-2-1-3-25(31)33)16-32(21)20-8-11-30(12-9-20)24-14-23(27)28-29-24/h4-7,20-22H,1-3,8-17H2,(H2,27,28)/t21-,22-/m0/s1. The van der Waals surface area contributed by atoms with Crippen molar-refractivity contribution in [2.24, 2.45) is 15.9 Å². The third-order valence-corrected chi connectivity index (χ3v) is 7.82. The maximum atomic E-state index is 12.4. The van der Waals surface area contributed by atoms with Crippen molar-refractivity contribution >= 4 is 29.2 Å². The van der Waals surface area contributed by atoms with Crippen LogP contribution >= 0.6 is 11.6 Å². The highest BCUT2D eigenvalue weighted by atomic mass is 35.5. The van der Waals surface area contributed by atoms with Gasteiger partial charge in [-0.05, 0) is 49.8 Å². The molecule has 2 N–H and O–H groups in total. The van der Waals surface area contributed by atoms with E-state index in [2.05, 4.69) is 32.1 Å². The number of morpholine rings is 1. The first-order valence-corrected chi connectivity index (χ1v) is 13.0. The Morgan fingerprint density at radius 3 is 2.59 bits per heavy atom. The largest absolute Gasteiger partial charge is 0.385 e. The predicted molar refractivity (Wildman–Crippen MR) is 134 cm³/mol. The van der Waals surface area contributed by atoms with Crippen LogP contribution in [0.1, 0.15) is 44.1 Å². The zero-order chi connectivity index (χ0) is 23.5. The average molecular weight is 487 g/mol. The van der Waals surface area contributed by atoms with E-state index in [-0.39, 0.29) is 12.0 Å². The number of nitrogens with two attached hydrogens (primary N) is 1. The molecule has 0 bridgehead atoms. The summed E-state index contributed by atoms with van der Waals surface area (Å²) in [6, 6.07) is 8.95. The van der Waals surface area contributed by atoms with Crippen molar-refractivity contribution in [3.8, 4) is 0 Å². The van der Waals surface area contributed by atoms with E-state index in [1.54, 1.807) is 0 Å². The maximum absolute atomic E-state index is 12.4. The Morgan fingerprint density at radius 2 is 1.88 bits per heavy atom. The van der Waals surface area contributed by atoms with Crippen LogP contribution in [0.15, 0.2) is 34.5 Å². The Morgan fingerprint density at radius 1 is 1.09 bits per heavy atom. The van der Waals surface area contributed by atoms with Crippen LogP contribution in [0.2, 0.25) is 5.02 Å². The van der Waals surface area contributed by atoms with Gasteiger partial charge in [0.25, 0.3) is 0 Å². The van der Waals surface area contributed by atoms with Gasteiger partial charge >= 0.3 is 0 Å². The van der Waals surface area contributed by atoms with Crippen LogP contribution in [0.5, 0.6) is 0 Å². The molecule has 0 aromatic heterocycles. The number of amidine groups is 2. The fraction of sp³-hybridized carbons (Fsp3) is 0.640. The van der Waals surface area contributed by atoms with E-state index in [9.17, 15) is 4.79 Å². The number of halogens is 1. The summed E-state index contributed by atoms with van der Waals surface area (Å²) in [5, 5.41) is 9.04. The predicted octanol–water partition coefficient (Wildman–Crippen LogP) is 2.50. The Balaban J connectivity index is 1.25. The molecule has 8 nitrogen and oxygen atoms in total. The number of hydrogen-bond acceptors (Lipinski definition) is 7. The fourth-order valence-corrected chi connectivity index (χ4v) is 5.82. The summed E-state index contributed by atoms with van der Waals surface area (Å²) in [4.78, 5) is 19.4. The van der Waals surface area contributed by atoms with E-state index < -0.39 is 0 Å². The van der Waals surface area contributed by atoms with Gasteiger partial charge in [0.15, 0.2) is 0 Å². The first kappa shape index (κ1) is 23.6. The number of ether oxygens (including phenoxy) is 1. The lowest BCUT2D eigenvalue weighted by molar-refractivity contribution is -0.139. The molecule has 34 heavy (non-hydrogen) atoms. The summed E-state index contributed by atoms with van der Waals surface area (Å²) in [5.74, 6) is 1.87. The molecule has 4 aliphatic rings. The number of carbonyl (C=O) groups excluding carboxylic acids is 1. The molecule has 0 aliphatic carbocycles. The zero-order valence-electron chi connectivity index (χ0n) is 19.7. The van der Waals surface area contributed by atoms with Crippen LogP contribution in [0, 0.1) is 0 Å². The van der Waals surface area contributed by atoms with Gasteiger partial charge in [-0.3, -0.25) is 9.69 Å². The topological polar surface area (TPSA) is 86.8 Å². The lowest BCUT2D eigenvalue weighted by Gasteiger charge is -2.47. The van der Waals surface area contributed by atoms with Crippen molar-refractivity contribution in [1.29, 1.82) is 0 Å². The number of nitrogens with zero attached hydrogens (tertiary/aromatic N) is 5. The highest BCUT2D eigenvalue weighted by Crippen LogP contribution is 2.27. The SMILES string of the molecule is NC1=NN=C(N2CCC(N3C[C@H](CN4CCCCC4=O)OC[C@@H]3Cc3ccc(Cl)cc3)CC2)C1. The molecule has 3 saturated heterocycles. The molecule has 1 amide bonds. The third-order valence-electron chi connectivity index (χ3n) is 7.57. The van der Waals surface area contributed by atoms with Crippen LogP contribution in [0.3, 0.4) is 0 Å². The number of piperidine rings is 2. The lowest BCUT2D eigenvalue weighted by Crippen LogP contribution is -2.59. The fourth-order valence-electron chi connectivity index (χ4n) is 5.69. The Labute approximate surface area is 206 Å². The van der Waals surface area contributed by atoms with Gasteiger partial charge in [-0.25, -0.2) is 0 Å². The van der Waals surface area contributed by atoms with Gasteiger partial charge in [0.2, 0.25) is 5.91 Å². The molecule has 0 spiro atoms. The van der Waals surface area contributed by atoms with Gasteiger partial charge in [0.1, 0.15) is 11.7 Å². The summed E-state index contributed by atoms with van der Waals surface area (Å²) in [6.07, 6.45) is 6.59. The second-order valence-corrected chi connectivity index (χ2v) is 10.4. The van der Waals surface area contributed by atoms with Crippen molar-refractivity contribution in [3.63, 3.8) is 0 Å². The molecule has 1 aromatic rings. The number of rotatable bonds is 5. The molecule has 2 atom stereocenters. The van der Waals surface area contributed by atoms with Gasteiger partial charge in [-0.1, -0.05) is 23.7 Å². The monoisotopic (exact) mass is 486 g/mol. The van der Waals surface area contributed by atoms with Gasteiger partial charge in [-0.2, -0.15) is 0 Å². The highest BCUT2D eigenvalue weighted by molar-refractivity contribution is 6.30. The summed E-state index contributed by atoms with van der Waals surface area (Å²) >= 11 is 6.11. The molecule has 184 valence electrons. The van der Waals surface area contributed by atoms with Crippen LogP contribution in [0.4, 0.5) is 0 Å². The van der Waals surface area contributed by atoms with Crippen LogP contribution in [-0.2, 0) is 16.0 Å². The second-order valence-electron chi connectivity index (χ2n) is 9.94. The molecule has 5 rings (SSSR count). The molecule has 3 fully saturated rings. The van der Waals surface area contributed by atoms with Crippen molar-refractivity contribution in [2.45, 2.75) is 63.1 Å². The van der Waals surface area contributed by atoms with Gasteiger partial charge in [-0.15, -0.1) is 10.2 Å². The first-order chi connectivity index (χ1) is 16.5. The smallest absolute Gasteiger partial charge is 0.222 e. The first-order valence-electron chi connectivity index (χ1n) is 12.6. The van der Waals surface area contributed by atoms with Crippen LogP contribution in [-0.4, -0.2) is 89.8 Å². The van der Waals surface area contributed by atoms with Gasteiger partial charge < -0.3 is 20.3 Å². The molecule has 0 unspecified atom stereocenters.